The molecule has 0 bridgehead atoms. The van der Waals surface area contributed by atoms with Crippen LogP contribution < -0.4 is 0 Å². The molecule has 0 fully saturated rings. The van der Waals surface area contributed by atoms with Crippen molar-refractivity contribution in [1.29, 1.82) is 0 Å². The van der Waals surface area contributed by atoms with Gasteiger partial charge >= 0.3 is 5.97 Å². The molecule has 30 heavy (non-hydrogen) atoms. The first-order chi connectivity index (χ1) is 14.3. The fraction of sp³-hybridized carbons (Fsp3) is 0.500. The number of aromatic nitrogens is 1. The summed E-state index contributed by atoms with van der Waals surface area (Å²) in [5, 5.41) is 1.84. The summed E-state index contributed by atoms with van der Waals surface area (Å²) in [6.45, 7) is 8.70. The van der Waals surface area contributed by atoms with Gasteiger partial charge in [0.15, 0.2) is 5.78 Å². The van der Waals surface area contributed by atoms with Crippen LogP contribution in [0, 0.1) is 13.8 Å². The van der Waals surface area contributed by atoms with Gasteiger partial charge in [0, 0.05) is 38.1 Å². The smallest absolute Gasteiger partial charge is 0.354 e. The average Bonchev–Trinajstić information content (AvgIpc) is 3.34. The number of carbonyl (C=O) groups excluding carboxylic acids is 3. The molecule has 0 N–H and O–H groups in total. The van der Waals surface area contributed by atoms with Crippen molar-refractivity contribution in [3.8, 4) is 0 Å². The van der Waals surface area contributed by atoms with Crippen molar-refractivity contribution >= 4 is 29.0 Å². The van der Waals surface area contributed by atoms with Gasteiger partial charge < -0.3 is 18.9 Å². The van der Waals surface area contributed by atoms with Crippen molar-refractivity contribution in [1.82, 2.24) is 9.47 Å². The van der Waals surface area contributed by atoms with E-state index in [1.54, 1.807) is 43.4 Å². The minimum Gasteiger partial charge on any atom is -0.464 e. The molecule has 1 amide bonds. The molecule has 8 heteroatoms. The number of hydrogen-bond acceptors (Lipinski definition) is 6. The number of amides is 1. The minimum atomic E-state index is -0.688. The number of rotatable bonds is 10. The summed E-state index contributed by atoms with van der Waals surface area (Å²) < 4.78 is 11.9. The second-order valence-corrected chi connectivity index (χ2v) is 8.00. The summed E-state index contributed by atoms with van der Waals surface area (Å²) in [5.74, 6) is -0.869. The second kappa shape index (κ2) is 10.5. The number of methoxy groups -OCH3 is 1. The standard InChI is InChI=1S/C22H30N2O5S/c1-7-29-12-9-11-24(21(26)17-10-8-13-30-17)16(4)20(25)18-14(2)19(22(27)28-6)23(5)15(18)3/h8,10,13,16H,7,9,11-12H2,1-6H3. The SMILES string of the molecule is CCOCCCN(C(=O)c1cccs1)C(C)C(=O)c1c(C)c(C(=O)OC)n(C)c1C. The van der Waals surface area contributed by atoms with Crippen molar-refractivity contribution in [3.63, 3.8) is 0 Å². The van der Waals surface area contributed by atoms with E-state index in [-0.39, 0.29) is 11.7 Å². The summed E-state index contributed by atoms with van der Waals surface area (Å²) in [5.41, 5.74) is 2.04. The molecule has 0 aliphatic carbocycles. The predicted octanol–water partition coefficient (Wildman–Crippen LogP) is 3.63. The zero-order valence-electron chi connectivity index (χ0n) is 18.5. The largest absolute Gasteiger partial charge is 0.464 e. The molecule has 0 spiro atoms. The first-order valence-corrected chi connectivity index (χ1v) is 10.8. The van der Waals surface area contributed by atoms with Gasteiger partial charge in [-0.2, -0.15) is 0 Å². The van der Waals surface area contributed by atoms with Crippen LogP contribution >= 0.6 is 11.3 Å². The van der Waals surface area contributed by atoms with Gasteiger partial charge in [0.2, 0.25) is 0 Å². The van der Waals surface area contributed by atoms with Gasteiger partial charge in [-0.05, 0) is 51.1 Å². The van der Waals surface area contributed by atoms with E-state index in [0.717, 1.165) is 0 Å². The maximum Gasteiger partial charge on any atom is 0.354 e. The normalized spacial score (nSPS) is 11.9. The summed E-state index contributed by atoms with van der Waals surface area (Å²) in [4.78, 5) is 40.9. The van der Waals surface area contributed by atoms with Crippen LogP contribution in [-0.4, -0.2) is 60.0 Å². The van der Waals surface area contributed by atoms with E-state index in [1.807, 2.05) is 18.4 Å². The highest BCUT2D eigenvalue weighted by molar-refractivity contribution is 7.12. The zero-order valence-corrected chi connectivity index (χ0v) is 19.3. The van der Waals surface area contributed by atoms with Crippen molar-refractivity contribution < 1.29 is 23.9 Å². The molecule has 164 valence electrons. The molecule has 1 unspecified atom stereocenters. The third-order valence-electron chi connectivity index (χ3n) is 5.29. The molecular weight excluding hydrogens is 404 g/mol. The Morgan fingerprint density at radius 1 is 1.27 bits per heavy atom. The van der Waals surface area contributed by atoms with Crippen LogP contribution in [-0.2, 0) is 16.5 Å². The molecule has 0 saturated heterocycles. The van der Waals surface area contributed by atoms with E-state index in [0.29, 0.717) is 53.6 Å². The van der Waals surface area contributed by atoms with E-state index in [1.165, 1.54) is 18.4 Å². The molecule has 0 radical (unpaired) electrons. The fourth-order valence-electron chi connectivity index (χ4n) is 3.57. The fourth-order valence-corrected chi connectivity index (χ4v) is 4.25. The molecule has 0 saturated carbocycles. The van der Waals surface area contributed by atoms with Gasteiger partial charge in [-0.1, -0.05) is 6.07 Å². The molecule has 2 heterocycles. The zero-order chi connectivity index (χ0) is 22.4. The molecule has 0 aliphatic rings. The quantitative estimate of drug-likeness (QED) is 0.324. The first kappa shape index (κ1) is 23.8. The van der Waals surface area contributed by atoms with Crippen LogP contribution in [0.2, 0.25) is 0 Å². The van der Waals surface area contributed by atoms with Crippen molar-refractivity contribution in [3.05, 3.63) is 44.9 Å². The summed E-state index contributed by atoms with van der Waals surface area (Å²) in [7, 11) is 3.04. The Bertz CT molecular complexity index is 901. The number of ketones is 1. The van der Waals surface area contributed by atoms with Gasteiger partial charge in [-0.3, -0.25) is 9.59 Å². The van der Waals surface area contributed by atoms with Gasteiger partial charge in [-0.25, -0.2) is 4.79 Å². The molecule has 0 aliphatic heterocycles. The van der Waals surface area contributed by atoms with E-state index < -0.39 is 12.0 Å². The minimum absolute atomic E-state index is 0.179. The molecule has 2 aromatic heterocycles. The van der Waals surface area contributed by atoms with E-state index in [4.69, 9.17) is 9.47 Å². The maximum absolute atomic E-state index is 13.5. The van der Waals surface area contributed by atoms with Crippen LogP contribution in [0.25, 0.3) is 0 Å². The highest BCUT2D eigenvalue weighted by atomic mass is 32.1. The Kier molecular flexibility index (Phi) is 8.37. The van der Waals surface area contributed by atoms with Crippen molar-refractivity contribution in [2.24, 2.45) is 7.05 Å². The van der Waals surface area contributed by atoms with Gasteiger partial charge in [0.25, 0.3) is 5.91 Å². The highest BCUT2D eigenvalue weighted by Crippen LogP contribution is 2.25. The van der Waals surface area contributed by atoms with E-state index in [9.17, 15) is 14.4 Å². The summed E-state index contributed by atoms with van der Waals surface area (Å²) >= 11 is 1.35. The average molecular weight is 435 g/mol. The van der Waals surface area contributed by atoms with Crippen LogP contribution in [0.1, 0.15) is 62.0 Å². The molecular formula is C22H30N2O5S. The topological polar surface area (TPSA) is 77.8 Å². The molecule has 2 aromatic rings. The summed E-state index contributed by atoms with van der Waals surface area (Å²) in [6.07, 6.45) is 0.628. The first-order valence-electron chi connectivity index (χ1n) is 9.96. The van der Waals surface area contributed by atoms with Crippen LogP contribution in [0.4, 0.5) is 0 Å². The Balaban J connectivity index is 2.37. The summed E-state index contributed by atoms with van der Waals surface area (Å²) in [6, 6.07) is 2.89. The number of thiophene rings is 1. The lowest BCUT2D eigenvalue weighted by Crippen LogP contribution is -2.44. The molecule has 2 rings (SSSR count). The van der Waals surface area contributed by atoms with Crippen LogP contribution in [0.5, 0.6) is 0 Å². The Morgan fingerprint density at radius 3 is 2.53 bits per heavy atom. The van der Waals surface area contributed by atoms with Gasteiger partial charge in [0.1, 0.15) is 5.69 Å². The lowest BCUT2D eigenvalue weighted by atomic mass is 9.99. The van der Waals surface area contributed by atoms with Crippen molar-refractivity contribution in [2.45, 2.75) is 40.2 Å². The lowest BCUT2D eigenvalue weighted by molar-refractivity contribution is 0.0586. The Hall–Kier alpha value is -2.45. The second-order valence-electron chi connectivity index (χ2n) is 7.05. The monoisotopic (exact) mass is 434 g/mol. The van der Waals surface area contributed by atoms with Gasteiger partial charge in [0.05, 0.1) is 18.0 Å². The molecule has 7 nitrogen and oxygen atoms in total. The Morgan fingerprint density at radius 2 is 1.97 bits per heavy atom. The van der Waals surface area contributed by atoms with E-state index in [2.05, 4.69) is 0 Å². The van der Waals surface area contributed by atoms with Crippen LogP contribution in [0.3, 0.4) is 0 Å². The third-order valence-corrected chi connectivity index (χ3v) is 6.15. The number of hydrogen-bond donors (Lipinski definition) is 0. The molecule has 0 aromatic carbocycles. The predicted molar refractivity (Wildman–Crippen MR) is 116 cm³/mol. The van der Waals surface area contributed by atoms with Crippen molar-refractivity contribution in [2.75, 3.05) is 26.9 Å². The number of ether oxygens (including phenoxy) is 2. The highest BCUT2D eigenvalue weighted by Gasteiger charge is 2.32. The maximum atomic E-state index is 13.5. The van der Waals surface area contributed by atoms with Gasteiger partial charge in [-0.15, -0.1) is 11.3 Å². The number of nitrogens with zero attached hydrogens (tertiary/aromatic N) is 2. The number of esters is 1. The van der Waals surface area contributed by atoms with E-state index >= 15 is 0 Å². The third kappa shape index (κ3) is 4.82. The Labute approximate surface area is 181 Å². The number of carbonyl (C=O) groups is 3. The number of Topliss-reactive ketones (excluding diaryl/α,β-unsaturated/α-hetero) is 1. The van der Waals surface area contributed by atoms with Crippen LogP contribution in [0.15, 0.2) is 17.5 Å². The molecule has 1 atom stereocenters. The lowest BCUT2D eigenvalue weighted by Gasteiger charge is -2.28.